The van der Waals surface area contributed by atoms with E-state index in [1.807, 2.05) is 30.3 Å². The topological polar surface area (TPSA) is 115 Å². The minimum absolute atomic E-state index is 0.0620. The molecule has 1 atom stereocenters. The standard InChI is InChI=1S/C28H30N6O4/c1-37-23-16-14-22(15-17-23)34(25(35)19-33-31-27(30-32-33)20-9-4-2-5-10-20)26(24-13-8-18-38-24)28(36)29-21-11-6-3-7-12-21/h2,4-5,8-10,13-18,21,26H,3,6-7,11-12,19H2,1H3,(H,29,36)/t26-/m0/s1. The second-order valence-corrected chi connectivity index (χ2v) is 9.23. The summed E-state index contributed by atoms with van der Waals surface area (Å²) in [7, 11) is 1.57. The maximum absolute atomic E-state index is 13.9. The molecule has 1 aliphatic carbocycles. The number of nitrogens with zero attached hydrogens (tertiary/aromatic N) is 5. The molecule has 0 saturated heterocycles. The third kappa shape index (κ3) is 5.74. The van der Waals surface area contributed by atoms with Crippen molar-refractivity contribution in [2.45, 2.75) is 50.7 Å². The van der Waals surface area contributed by atoms with E-state index in [1.54, 1.807) is 43.5 Å². The zero-order chi connectivity index (χ0) is 26.3. The zero-order valence-corrected chi connectivity index (χ0v) is 21.2. The Hall–Kier alpha value is -4.47. The van der Waals surface area contributed by atoms with Crippen LogP contribution in [0.4, 0.5) is 5.69 Å². The summed E-state index contributed by atoms with van der Waals surface area (Å²) in [5.41, 5.74) is 1.30. The first kappa shape index (κ1) is 25.2. The number of hydrogen-bond acceptors (Lipinski definition) is 7. The van der Waals surface area contributed by atoms with Gasteiger partial charge < -0.3 is 14.5 Å². The van der Waals surface area contributed by atoms with Crippen LogP contribution in [0, 0.1) is 0 Å². The molecule has 4 aromatic rings. The van der Waals surface area contributed by atoms with Gasteiger partial charge in [-0.05, 0) is 54.5 Å². The number of carbonyl (C=O) groups excluding carboxylic acids is 2. The van der Waals surface area contributed by atoms with Gasteiger partial charge in [0.25, 0.3) is 11.8 Å². The number of amides is 2. The van der Waals surface area contributed by atoms with Gasteiger partial charge in [0.15, 0.2) is 6.04 Å². The van der Waals surface area contributed by atoms with Crippen molar-refractivity contribution >= 4 is 17.5 Å². The van der Waals surface area contributed by atoms with Gasteiger partial charge >= 0.3 is 0 Å². The third-order valence-electron chi connectivity index (χ3n) is 6.65. The molecule has 1 fully saturated rings. The predicted molar refractivity (Wildman–Crippen MR) is 140 cm³/mol. The Morgan fingerprint density at radius 1 is 1.05 bits per heavy atom. The Morgan fingerprint density at radius 2 is 1.82 bits per heavy atom. The Labute approximate surface area is 220 Å². The molecule has 0 radical (unpaired) electrons. The predicted octanol–water partition coefficient (Wildman–Crippen LogP) is 4.17. The Balaban J connectivity index is 1.47. The summed E-state index contributed by atoms with van der Waals surface area (Å²) in [5.74, 6) is 0.707. The van der Waals surface area contributed by atoms with Crippen molar-refractivity contribution in [3.63, 3.8) is 0 Å². The minimum Gasteiger partial charge on any atom is -0.497 e. The Bertz CT molecular complexity index is 1330. The smallest absolute Gasteiger partial charge is 0.251 e. The van der Waals surface area contributed by atoms with E-state index >= 15 is 0 Å². The quantitative estimate of drug-likeness (QED) is 0.356. The van der Waals surface area contributed by atoms with Crippen molar-refractivity contribution in [1.82, 2.24) is 25.5 Å². The number of carbonyl (C=O) groups is 2. The highest BCUT2D eigenvalue weighted by Crippen LogP contribution is 2.31. The van der Waals surface area contributed by atoms with Crippen molar-refractivity contribution in [3.8, 4) is 17.1 Å². The van der Waals surface area contributed by atoms with E-state index in [9.17, 15) is 9.59 Å². The molecule has 0 unspecified atom stereocenters. The molecule has 10 heteroatoms. The van der Waals surface area contributed by atoms with E-state index in [4.69, 9.17) is 9.15 Å². The lowest BCUT2D eigenvalue weighted by Crippen LogP contribution is -2.48. The number of rotatable bonds is 9. The average molecular weight is 515 g/mol. The summed E-state index contributed by atoms with van der Waals surface area (Å²) >= 11 is 0. The van der Waals surface area contributed by atoms with Gasteiger partial charge in [-0.1, -0.05) is 49.6 Å². The second-order valence-electron chi connectivity index (χ2n) is 9.23. The van der Waals surface area contributed by atoms with Gasteiger partial charge in [0.05, 0.1) is 13.4 Å². The van der Waals surface area contributed by atoms with Crippen molar-refractivity contribution in [3.05, 3.63) is 78.8 Å². The van der Waals surface area contributed by atoms with Crippen molar-refractivity contribution in [1.29, 1.82) is 0 Å². The lowest BCUT2D eigenvalue weighted by atomic mass is 9.95. The van der Waals surface area contributed by atoms with Gasteiger partial charge in [-0.3, -0.25) is 14.5 Å². The number of anilines is 1. The van der Waals surface area contributed by atoms with Gasteiger partial charge in [-0.2, -0.15) is 4.80 Å². The van der Waals surface area contributed by atoms with Crippen LogP contribution < -0.4 is 15.0 Å². The average Bonchev–Trinajstić information content (AvgIpc) is 3.65. The van der Waals surface area contributed by atoms with Crippen LogP contribution in [0.15, 0.2) is 77.4 Å². The summed E-state index contributed by atoms with van der Waals surface area (Å²) in [4.78, 5) is 30.3. The monoisotopic (exact) mass is 514 g/mol. The SMILES string of the molecule is COc1ccc(N(C(=O)Cn2nnc(-c3ccccc3)n2)[C@H](C(=O)NC2CCCCC2)c2ccco2)cc1. The van der Waals surface area contributed by atoms with Crippen LogP contribution in [0.2, 0.25) is 0 Å². The molecule has 2 aromatic heterocycles. The first-order valence-corrected chi connectivity index (χ1v) is 12.8. The molecule has 38 heavy (non-hydrogen) atoms. The fourth-order valence-corrected chi connectivity index (χ4v) is 4.74. The molecular weight excluding hydrogens is 484 g/mol. The number of methoxy groups -OCH3 is 1. The highest BCUT2D eigenvalue weighted by molar-refractivity contribution is 6.01. The third-order valence-corrected chi connectivity index (χ3v) is 6.65. The van der Waals surface area contributed by atoms with Crippen molar-refractivity contribution in [2.24, 2.45) is 0 Å². The molecule has 5 rings (SSSR count). The number of tetrazole rings is 1. The Kier molecular flexibility index (Phi) is 7.77. The largest absolute Gasteiger partial charge is 0.497 e. The lowest BCUT2D eigenvalue weighted by Gasteiger charge is -2.32. The number of furan rings is 1. The van der Waals surface area contributed by atoms with Gasteiger partial charge in [0.1, 0.15) is 18.1 Å². The molecule has 196 valence electrons. The zero-order valence-electron chi connectivity index (χ0n) is 21.2. The van der Waals surface area contributed by atoms with Crippen LogP contribution in [0.1, 0.15) is 43.9 Å². The highest BCUT2D eigenvalue weighted by atomic mass is 16.5. The van der Waals surface area contributed by atoms with Crippen LogP contribution in [0.25, 0.3) is 11.4 Å². The molecule has 1 aliphatic rings. The van der Waals surface area contributed by atoms with Gasteiger partial charge in [-0.25, -0.2) is 0 Å². The van der Waals surface area contributed by atoms with E-state index in [-0.39, 0.29) is 18.5 Å². The van der Waals surface area contributed by atoms with Crippen molar-refractivity contribution in [2.75, 3.05) is 12.0 Å². The maximum Gasteiger partial charge on any atom is 0.251 e. The fraction of sp³-hybridized carbons (Fsp3) is 0.321. The van der Waals surface area contributed by atoms with E-state index in [1.165, 1.54) is 22.4 Å². The molecule has 10 nitrogen and oxygen atoms in total. The van der Waals surface area contributed by atoms with Crippen LogP contribution in [-0.2, 0) is 16.1 Å². The maximum atomic E-state index is 13.9. The molecular formula is C28H30N6O4. The number of ether oxygens (including phenoxy) is 1. The summed E-state index contributed by atoms with van der Waals surface area (Å²) in [6.07, 6.45) is 6.63. The first-order chi connectivity index (χ1) is 18.6. The normalized spacial score (nSPS) is 14.6. The summed E-state index contributed by atoms with van der Waals surface area (Å²) in [6, 6.07) is 18.8. The number of nitrogens with one attached hydrogen (secondary N) is 1. The molecule has 1 N–H and O–H groups in total. The number of hydrogen-bond donors (Lipinski definition) is 1. The highest BCUT2D eigenvalue weighted by Gasteiger charge is 2.36. The van der Waals surface area contributed by atoms with E-state index in [0.29, 0.717) is 23.0 Å². The molecule has 0 spiro atoms. The molecule has 0 aliphatic heterocycles. The van der Waals surface area contributed by atoms with E-state index in [0.717, 1.165) is 31.2 Å². The van der Waals surface area contributed by atoms with E-state index < -0.39 is 11.9 Å². The van der Waals surface area contributed by atoms with Gasteiger partial charge in [0, 0.05) is 17.3 Å². The first-order valence-electron chi connectivity index (χ1n) is 12.8. The number of aromatic nitrogens is 4. The van der Waals surface area contributed by atoms with Crippen LogP contribution in [0.3, 0.4) is 0 Å². The van der Waals surface area contributed by atoms with Crippen LogP contribution in [-0.4, -0.2) is 45.2 Å². The van der Waals surface area contributed by atoms with Crippen LogP contribution >= 0.6 is 0 Å². The number of benzene rings is 2. The summed E-state index contributed by atoms with van der Waals surface area (Å²) < 4.78 is 11.0. The summed E-state index contributed by atoms with van der Waals surface area (Å²) in [6.45, 7) is -0.222. The van der Waals surface area contributed by atoms with Gasteiger partial charge in [-0.15, -0.1) is 10.2 Å². The molecule has 2 heterocycles. The fourth-order valence-electron chi connectivity index (χ4n) is 4.74. The van der Waals surface area contributed by atoms with E-state index in [2.05, 4.69) is 20.7 Å². The molecule has 1 saturated carbocycles. The summed E-state index contributed by atoms with van der Waals surface area (Å²) in [5, 5.41) is 15.7. The lowest BCUT2D eigenvalue weighted by molar-refractivity contribution is -0.128. The molecule has 2 amide bonds. The van der Waals surface area contributed by atoms with Crippen molar-refractivity contribution < 1.29 is 18.7 Å². The molecule has 2 aromatic carbocycles. The van der Waals surface area contributed by atoms with Gasteiger partial charge in [0.2, 0.25) is 5.82 Å². The molecule has 0 bridgehead atoms. The minimum atomic E-state index is -1.02. The second kappa shape index (κ2) is 11.7. The Morgan fingerprint density at radius 3 is 2.50 bits per heavy atom. The van der Waals surface area contributed by atoms with Crippen LogP contribution in [0.5, 0.6) is 5.75 Å².